The average Bonchev–Trinajstić information content (AvgIpc) is 2.27. The summed E-state index contributed by atoms with van der Waals surface area (Å²) in [5.74, 6) is 0.862. The largest absolute Gasteiger partial charge is 0.375 e. The second-order valence-corrected chi connectivity index (χ2v) is 6.77. The molecular formula is C15H30N2O. The van der Waals surface area contributed by atoms with Crippen LogP contribution in [0.4, 0.5) is 0 Å². The minimum atomic E-state index is 0.177. The molecule has 0 saturated carbocycles. The molecule has 2 saturated heterocycles. The highest BCUT2D eigenvalue weighted by molar-refractivity contribution is 5.00. The fraction of sp³-hybridized carbons (Fsp3) is 1.00. The van der Waals surface area contributed by atoms with Crippen molar-refractivity contribution in [3.63, 3.8) is 0 Å². The number of rotatable bonds is 2. The molecule has 0 radical (unpaired) electrons. The van der Waals surface area contributed by atoms with Gasteiger partial charge < -0.3 is 10.5 Å². The molecule has 106 valence electrons. The Hall–Kier alpha value is -0.120. The second-order valence-electron chi connectivity index (χ2n) is 6.77. The molecule has 2 aliphatic heterocycles. The van der Waals surface area contributed by atoms with Crippen LogP contribution in [0.5, 0.6) is 0 Å². The standard InChI is InChI=1S/C15H30N2O/c1-11-5-6-17(12(2)7-11)15(10-16)8-13(3)18-14(4)9-15/h11-14H,5-10,16H2,1-4H3. The van der Waals surface area contributed by atoms with Gasteiger partial charge in [-0.1, -0.05) is 6.92 Å². The van der Waals surface area contributed by atoms with Gasteiger partial charge in [0.2, 0.25) is 0 Å². The average molecular weight is 254 g/mol. The van der Waals surface area contributed by atoms with Crippen molar-refractivity contribution in [2.45, 2.75) is 77.2 Å². The number of nitrogens with zero attached hydrogens (tertiary/aromatic N) is 1. The van der Waals surface area contributed by atoms with E-state index >= 15 is 0 Å². The third kappa shape index (κ3) is 2.73. The monoisotopic (exact) mass is 254 g/mol. The lowest BCUT2D eigenvalue weighted by Crippen LogP contribution is -2.63. The van der Waals surface area contributed by atoms with E-state index < -0.39 is 0 Å². The molecule has 2 heterocycles. The Kier molecular flexibility index (Phi) is 4.35. The molecule has 0 aromatic heterocycles. The fourth-order valence-electron chi connectivity index (χ4n) is 4.28. The first-order valence-electron chi connectivity index (χ1n) is 7.59. The van der Waals surface area contributed by atoms with Crippen molar-refractivity contribution in [3.8, 4) is 0 Å². The third-order valence-corrected chi connectivity index (χ3v) is 4.93. The zero-order valence-corrected chi connectivity index (χ0v) is 12.5. The van der Waals surface area contributed by atoms with E-state index in [-0.39, 0.29) is 5.54 Å². The lowest BCUT2D eigenvalue weighted by molar-refractivity contribution is -0.119. The van der Waals surface area contributed by atoms with Crippen LogP contribution in [0.3, 0.4) is 0 Å². The van der Waals surface area contributed by atoms with E-state index in [1.54, 1.807) is 0 Å². The molecule has 0 aliphatic carbocycles. The SMILES string of the molecule is CC1CCN(C2(CN)CC(C)OC(C)C2)C(C)C1. The summed E-state index contributed by atoms with van der Waals surface area (Å²) in [6, 6.07) is 0.662. The summed E-state index contributed by atoms with van der Waals surface area (Å²) in [5.41, 5.74) is 6.37. The van der Waals surface area contributed by atoms with Crippen LogP contribution in [-0.2, 0) is 4.74 Å². The molecule has 18 heavy (non-hydrogen) atoms. The molecule has 0 spiro atoms. The van der Waals surface area contributed by atoms with Crippen LogP contribution < -0.4 is 5.73 Å². The van der Waals surface area contributed by atoms with Gasteiger partial charge in [-0.15, -0.1) is 0 Å². The zero-order valence-electron chi connectivity index (χ0n) is 12.5. The van der Waals surface area contributed by atoms with Crippen LogP contribution in [-0.4, -0.2) is 41.8 Å². The van der Waals surface area contributed by atoms with Crippen molar-refractivity contribution in [1.82, 2.24) is 4.90 Å². The molecule has 0 bridgehead atoms. The molecule has 3 heteroatoms. The summed E-state index contributed by atoms with van der Waals surface area (Å²) in [6.45, 7) is 11.1. The Bertz CT molecular complexity index is 272. The van der Waals surface area contributed by atoms with Gasteiger partial charge in [0.25, 0.3) is 0 Å². The van der Waals surface area contributed by atoms with Crippen LogP contribution in [0.2, 0.25) is 0 Å². The van der Waals surface area contributed by atoms with Gasteiger partial charge in [0, 0.05) is 18.1 Å². The minimum Gasteiger partial charge on any atom is -0.375 e. The maximum absolute atomic E-state index is 6.19. The van der Waals surface area contributed by atoms with Crippen LogP contribution in [0.15, 0.2) is 0 Å². The molecule has 3 nitrogen and oxygen atoms in total. The summed E-state index contributed by atoms with van der Waals surface area (Å²) in [6.07, 6.45) is 5.48. The summed E-state index contributed by atoms with van der Waals surface area (Å²) >= 11 is 0. The van der Waals surface area contributed by atoms with Gasteiger partial charge in [-0.25, -0.2) is 0 Å². The number of nitrogens with two attached hydrogens (primary N) is 1. The Balaban J connectivity index is 2.15. The van der Waals surface area contributed by atoms with Crippen molar-refractivity contribution in [3.05, 3.63) is 0 Å². The van der Waals surface area contributed by atoms with Gasteiger partial charge in [0.15, 0.2) is 0 Å². The lowest BCUT2D eigenvalue weighted by atomic mass is 9.79. The van der Waals surface area contributed by atoms with Crippen molar-refractivity contribution < 1.29 is 4.74 Å². The maximum Gasteiger partial charge on any atom is 0.0568 e. The summed E-state index contributed by atoms with van der Waals surface area (Å²) < 4.78 is 5.91. The first-order valence-corrected chi connectivity index (χ1v) is 7.59. The molecule has 4 atom stereocenters. The molecule has 0 aromatic carbocycles. The van der Waals surface area contributed by atoms with Gasteiger partial charge in [-0.05, 0) is 58.9 Å². The molecular weight excluding hydrogens is 224 g/mol. The Morgan fingerprint density at radius 1 is 1.17 bits per heavy atom. The molecule has 2 rings (SSSR count). The van der Waals surface area contributed by atoms with Gasteiger partial charge in [-0.2, -0.15) is 0 Å². The predicted molar refractivity (Wildman–Crippen MR) is 75.6 cm³/mol. The van der Waals surface area contributed by atoms with E-state index in [9.17, 15) is 0 Å². The van der Waals surface area contributed by atoms with E-state index in [1.807, 2.05) is 0 Å². The van der Waals surface area contributed by atoms with Crippen LogP contribution in [0.1, 0.15) is 53.4 Å². The normalized spacial score (nSPS) is 47.2. The Morgan fingerprint density at radius 3 is 2.28 bits per heavy atom. The van der Waals surface area contributed by atoms with Crippen molar-refractivity contribution >= 4 is 0 Å². The third-order valence-electron chi connectivity index (χ3n) is 4.93. The highest BCUT2D eigenvalue weighted by Crippen LogP contribution is 2.38. The summed E-state index contributed by atoms with van der Waals surface area (Å²) in [7, 11) is 0. The Morgan fingerprint density at radius 2 is 1.78 bits per heavy atom. The molecule has 2 aliphatic rings. The van der Waals surface area contributed by atoms with E-state index in [1.165, 1.54) is 19.4 Å². The van der Waals surface area contributed by atoms with E-state index in [4.69, 9.17) is 10.5 Å². The number of ether oxygens (including phenoxy) is 1. The number of piperidine rings is 1. The molecule has 2 N–H and O–H groups in total. The van der Waals surface area contributed by atoms with Crippen LogP contribution in [0.25, 0.3) is 0 Å². The van der Waals surface area contributed by atoms with Crippen LogP contribution in [0, 0.1) is 5.92 Å². The lowest BCUT2D eigenvalue weighted by Gasteiger charge is -2.54. The van der Waals surface area contributed by atoms with Gasteiger partial charge in [0.05, 0.1) is 12.2 Å². The van der Waals surface area contributed by atoms with Crippen molar-refractivity contribution in [2.24, 2.45) is 11.7 Å². The molecule has 4 unspecified atom stereocenters. The van der Waals surface area contributed by atoms with E-state index in [0.717, 1.165) is 25.3 Å². The zero-order chi connectivity index (χ0) is 13.3. The molecule has 2 fully saturated rings. The highest BCUT2D eigenvalue weighted by atomic mass is 16.5. The maximum atomic E-state index is 6.19. The Labute approximate surface area is 112 Å². The number of hydrogen-bond acceptors (Lipinski definition) is 3. The first kappa shape index (κ1) is 14.3. The van der Waals surface area contributed by atoms with Crippen LogP contribution >= 0.6 is 0 Å². The highest BCUT2D eigenvalue weighted by Gasteiger charge is 2.45. The number of hydrogen-bond donors (Lipinski definition) is 1. The van der Waals surface area contributed by atoms with E-state index in [2.05, 4.69) is 32.6 Å². The van der Waals surface area contributed by atoms with Crippen molar-refractivity contribution in [2.75, 3.05) is 13.1 Å². The smallest absolute Gasteiger partial charge is 0.0568 e. The minimum absolute atomic E-state index is 0.177. The predicted octanol–water partition coefficient (Wildman–Crippen LogP) is 2.39. The first-order chi connectivity index (χ1) is 8.47. The van der Waals surface area contributed by atoms with Gasteiger partial charge >= 0.3 is 0 Å². The number of likely N-dealkylation sites (tertiary alicyclic amines) is 1. The fourth-order valence-corrected chi connectivity index (χ4v) is 4.28. The quantitative estimate of drug-likeness (QED) is 0.822. The van der Waals surface area contributed by atoms with Gasteiger partial charge in [0.1, 0.15) is 0 Å². The van der Waals surface area contributed by atoms with E-state index in [0.29, 0.717) is 18.2 Å². The molecule has 0 aromatic rings. The topological polar surface area (TPSA) is 38.5 Å². The second kappa shape index (κ2) is 5.48. The van der Waals surface area contributed by atoms with Gasteiger partial charge in [-0.3, -0.25) is 4.90 Å². The summed E-state index contributed by atoms with van der Waals surface area (Å²) in [4.78, 5) is 2.70. The molecule has 0 amide bonds. The van der Waals surface area contributed by atoms with Crippen molar-refractivity contribution in [1.29, 1.82) is 0 Å². The summed E-state index contributed by atoms with van der Waals surface area (Å²) in [5, 5.41) is 0.